The smallest absolute Gasteiger partial charge is 0.374 e. The van der Waals surface area contributed by atoms with Crippen molar-refractivity contribution in [2.45, 2.75) is 43.9 Å². The third-order valence-corrected chi connectivity index (χ3v) is 7.23. The maximum absolute atomic E-state index is 15.4. The van der Waals surface area contributed by atoms with E-state index in [0.717, 1.165) is 6.20 Å². The van der Waals surface area contributed by atoms with E-state index >= 15 is 4.39 Å². The zero-order valence-electron chi connectivity index (χ0n) is 20.1. The minimum atomic E-state index is -5.21. The third kappa shape index (κ3) is 5.12. The van der Waals surface area contributed by atoms with E-state index < -0.39 is 51.2 Å². The summed E-state index contributed by atoms with van der Waals surface area (Å²) in [5, 5.41) is 10.7. The number of amidine groups is 1. The molecule has 4 rings (SSSR count). The molecule has 1 atom stereocenters. The minimum Gasteiger partial charge on any atom is -0.374 e. The highest BCUT2D eigenvalue weighted by molar-refractivity contribution is 6.42. The molecule has 0 radical (unpaired) electrons. The van der Waals surface area contributed by atoms with Crippen molar-refractivity contribution < 1.29 is 35.6 Å². The lowest BCUT2D eigenvalue weighted by molar-refractivity contribution is -0.276. The summed E-state index contributed by atoms with van der Waals surface area (Å²) < 4.78 is 98.5. The average Bonchev–Trinajstić information content (AvgIpc) is 3.28. The molecule has 1 aromatic heterocycles. The van der Waals surface area contributed by atoms with Gasteiger partial charge in [0.1, 0.15) is 5.84 Å². The molecule has 2 aliphatic heterocycles. The number of nitrogens with zero attached hydrogens (tertiary/aromatic N) is 5. The first kappa shape index (κ1) is 28.9. The van der Waals surface area contributed by atoms with E-state index in [-0.39, 0.29) is 42.0 Å². The Labute approximate surface area is 227 Å². The van der Waals surface area contributed by atoms with Gasteiger partial charge in [0.2, 0.25) is 6.19 Å². The second kappa shape index (κ2) is 9.82. The van der Waals surface area contributed by atoms with Crippen LogP contribution in [0.5, 0.6) is 0 Å². The number of hydrogen-bond acceptors (Lipinski definition) is 5. The van der Waals surface area contributed by atoms with Crippen molar-refractivity contribution in [3.8, 4) is 6.19 Å². The lowest BCUT2D eigenvalue weighted by Gasteiger charge is -2.46. The van der Waals surface area contributed by atoms with Crippen LogP contribution in [0.15, 0.2) is 40.6 Å². The monoisotopic (exact) mass is 595 g/mol. The highest BCUT2D eigenvalue weighted by Gasteiger charge is 2.63. The lowest BCUT2D eigenvalue weighted by atomic mass is 9.85. The van der Waals surface area contributed by atoms with Crippen LogP contribution in [-0.2, 0) is 22.3 Å². The molecule has 1 fully saturated rings. The average molecular weight is 596 g/mol. The Morgan fingerprint density at radius 2 is 1.82 bits per heavy atom. The van der Waals surface area contributed by atoms with Crippen molar-refractivity contribution in [3.05, 3.63) is 62.9 Å². The second-order valence-corrected chi connectivity index (χ2v) is 10.2. The largest absolute Gasteiger partial charge is 0.435 e. The standard InChI is InChI=1S/C24H18Cl2F7N5O/c1-12(2)20(36-11-34)38-9-21(27,10-38)18-4-3-13(8-35-18)17-7-22(39-37-17,24(31,32)33)14-5-15(23(28,29)30)19(26)16(25)6-14/h3-6,8,12H,7,9-10H2,1-2H3. The Bertz CT molecular complexity index is 1380. The number of pyridine rings is 1. The Morgan fingerprint density at radius 3 is 2.33 bits per heavy atom. The van der Waals surface area contributed by atoms with E-state index in [2.05, 4.69) is 15.1 Å². The molecule has 0 spiro atoms. The fraction of sp³-hybridized carbons (Fsp3) is 0.417. The molecule has 39 heavy (non-hydrogen) atoms. The Morgan fingerprint density at radius 1 is 1.15 bits per heavy atom. The number of halogens is 9. The summed E-state index contributed by atoms with van der Waals surface area (Å²) in [6, 6.07) is 3.46. The first-order valence-corrected chi connectivity index (χ1v) is 12.0. The fourth-order valence-corrected chi connectivity index (χ4v) is 4.85. The Kier molecular flexibility index (Phi) is 7.27. The van der Waals surface area contributed by atoms with Crippen LogP contribution in [0.3, 0.4) is 0 Å². The molecule has 0 aliphatic carbocycles. The molecule has 1 unspecified atom stereocenters. The summed E-state index contributed by atoms with van der Waals surface area (Å²) in [6.45, 7) is 3.35. The Balaban J connectivity index is 1.59. The molecule has 208 valence electrons. The van der Waals surface area contributed by atoms with Gasteiger partial charge in [0.05, 0.1) is 46.5 Å². The Hall–Kier alpha value is -3.11. The van der Waals surface area contributed by atoms with Gasteiger partial charge in [-0.2, -0.15) is 36.6 Å². The van der Waals surface area contributed by atoms with Crippen molar-refractivity contribution in [2.24, 2.45) is 16.1 Å². The molecular formula is C24H18Cl2F7N5O. The van der Waals surface area contributed by atoms with Gasteiger partial charge in [-0.15, -0.1) is 0 Å². The van der Waals surface area contributed by atoms with Crippen molar-refractivity contribution in [2.75, 3.05) is 13.1 Å². The number of aliphatic imine (C=N–C) groups is 1. The van der Waals surface area contributed by atoms with Crippen LogP contribution in [-0.4, -0.2) is 40.7 Å². The van der Waals surface area contributed by atoms with Gasteiger partial charge in [-0.3, -0.25) is 4.98 Å². The number of oxime groups is 1. The van der Waals surface area contributed by atoms with Gasteiger partial charge in [-0.1, -0.05) is 42.2 Å². The molecule has 2 aromatic rings. The topological polar surface area (TPSA) is 73.9 Å². The van der Waals surface area contributed by atoms with Crippen LogP contribution in [0, 0.1) is 17.4 Å². The molecule has 0 saturated carbocycles. The van der Waals surface area contributed by atoms with Gasteiger partial charge < -0.3 is 9.74 Å². The summed E-state index contributed by atoms with van der Waals surface area (Å²) in [7, 11) is 0. The highest BCUT2D eigenvalue weighted by atomic mass is 35.5. The van der Waals surface area contributed by atoms with Crippen LogP contribution in [0.1, 0.15) is 42.7 Å². The SMILES string of the molecule is CC(C)C(=NC#N)N1CC(F)(c2ccc(C3=NOC(c4cc(Cl)c(Cl)c(C(F)(F)F)c4)(C(F)(F)F)C3)cn2)C1. The zero-order valence-corrected chi connectivity index (χ0v) is 21.6. The molecule has 0 bridgehead atoms. The van der Waals surface area contributed by atoms with Crippen molar-refractivity contribution in [1.82, 2.24) is 9.88 Å². The third-order valence-electron chi connectivity index (χ3n) is 6.43. The van der Waals surface area contributed by atoms with Crippen LogP contribution in [0.2, 0.25) is 10.0 Å². The van der Waals surface area contributed by atoms with Crippen LogP contribution >= 0.6 is 23.2 Å². The molecular weight excluding hydrogens is 578 g/mol. The highest BCUT2D eigenvalue weighted by Crippen LogP contribution is 2.51. The van der Waals surface area contributed by atoms with Crippen LogP contribution in [0.4, 0.5) is 30.7 Å². The molecule has 0 N–H and O–H groups in total. The van der Waals surface area contributed by atoms with Crippen LogP contribution in [0.25, 0.3) is 0 Å². The van der Waals surface area contributed by atoms with E-state index in [9.17, 15) is 26.3 Å². The quantitative estimate of drug-likeness (QED) is 0.165. The lowest BCUT2D eigenvalue weighted by Crippen LogP contribution is -2.60. The van der Waals surface area contributed by atoms with Crippen LogP contribution < -0.4 is 0 Å². The summed E-state index contributed by atoms with van der Waals surface area (Å²) in [4.78, 5) is 14.1. The number of benzene rings is 1. The first-order valence-electron chi connectivity index (χ1n) is 11.3. The van der Waals surface area contributed by atoms with Gasteiger partial charge in [0, 0.05) is 23.2 Å². The molecule has 15 heteroatoms. The number of likely N-dealkylation sites (tertiary alicyclic amines) is 1. The summed E-state index contributed by atoms with van der Waals surface area (Å²) in [5.41, 5.74) is -7.87. The zero-order chi connectivity index (χ0) is 29.0. The molecule has 1 aromatic carbocycles. The fourth-order valence-electron chi connectivity index (χ4n) is 4.42. The maximum atomic E-state index is 15.4. The van der Waals surface area contributed by atoms with E-state index in [1.54, 1.807) is 24.9 Å². The molecule has 6 nitrogen and oxygen atoms in total. The first-order chi connectivity index (χ1) is 18.0. The van der Waals surface area contributed by atoms with Crippen molar-refractivity contribution >= 4 is 34.7 Å². The number of hydrogen-bond donors (Lipinski definition) is 0. The van der Waals surface area contributed by atoms with E-state index in [4.69, 9.17) is 33.3 Å². The molecule has 1 saturated heterocycles. The van der Waals surface area contributed by atoms with Crippen molar-refractivity contribution in [1.29, 1.82) is 5.26 Å². The number of rotatable bonds is 4. The van der Waals surface area contributed by atoms with Gasteiger partial charge in [-0.25, -0.2) is 4.39 Å². The predicted molar refractivity (Wildman–Crippen MR) is 128 cm³/mol. The van der Waals surface area contributed by atoms with E-state index in [1.807, 2.05) is 0 Å². The van der Waals surface area contributed by atoms with Gasteiger partial charge >= 0.3 is 12.4 Å². The maximum Gasteiger partial charge on any atom is 0.435 e. The molecule has 2 aliphatic rings. The van der Waals surface area contributed by atoms with Gasteiger partial charge in [-0.05, 0) is 24.3 Å². The number of aromatic nitrogens is 1. The van der Waals surface area contributed by atoms with E-state index in [1.165, 1.54) is 12.1 Å². The normalized spacial score (nSPS) is 21.4. The number of alkyl halides is 7. The van der Waals surface area contributed by atoms with E-state index in [0.29, 0.717) is 11.9 Å². The second-order valence-electron chi connectivity index (χ2n) is 9.43. The van der Waals surface area contributed by atoms with Gasteiger partial charge in [0.25, 0.3) is 5.60 Å². The summed E-state index contributed by atoms with van der Waals surface area (Å²) in [6.07, 6.45) is -8.49. The van der Waals surface area contributed by atoms with Gasteiger partial charge in [0.15, 0.2) is 5.67 Å². The predicted octanol–water partition coefficient (Wildman–Crippen LogP) is 7.01. The molecule has 3 heterocycles. The number of nitriles is 1. The van der Waals surface area contributed by atoms with Crippen molar-refractivity contribution in [3.63, 3.8) is 0 Å². The minimum absolute atomic E-state index is 0.00321. The summed E-state index contributed by atoms with van der Waals surface area (Å²) in [5.74, 6) is 0.292. The molecule has 0 amide bonds. The summed E-state index contributed by atoms with van der Waals surface area (Å²) >= 11 is 11.3.